The molecule has 1 aromatic carbocycles. The van der Waals surface area contributed by atoms with Crippen molar-refractivity contribution in [3.8, 4) is 0 Å². The maximum atomic E-state index is 14.0. The molecule has 1 aliphatic rings. The molecule has 0 unspecified atom stereocenters. The molecule has 26 heavy (non-hydrogen) atoms. The fourth-order valence-electron chi connectivity index (χ4n) is 2.25. The topological polar surface area (TPSA) is 99.8 Å². The molecular weight excluding hydrogens is 383 g/mol. The van der Waals surface area contributed by atoms with E-state index in [2.05, 4.69) is 16.2 Å². The highest BCUT2D eigenvalue weighted by molar-refractivity contribution is 7.89. The molecule has 0 spiro atoms. The van der Waals surface area contributed by atoms with Crippen molar-refractivity contribution in [2.24, 2.45) is 0 Å². The quantitative estimate of drug-likeness (QED) is 0.492. The van der Waals surface area contributed by atoms with Crippen LogP contribution >= 0.6 is 12.2 Å². The molecule has 1 saturated heterocycles. The Balaban J connectivity index is 2.16. The number of halogens is 1. The number of carbonyl (C=O) groups excluding carboxylic acids is 1. The summed E-state index contributed by atoms with van der Waals surface area (Å²) in [5.41, 5.74) is 4.28. The van der Waals surface area contributed by atoms with E-state index in [9.17, 15) is 17.6 Å². The lowest BCUT2D eigenvalue weighted by atomic mass is 10.2. The molecule has 1 amide bonds. The normalized spacial score (nSPS) is 15.5. The third-order valence-electron chi connectivity index (χ3n) is 3.50. The first-order valence-electron chi connectivity index (χ1n) is 7.96. The van der Waals surface area contributed by atoms with Crippen LogP contribution in [0.3, 0.4) is 0 Å². The number of nitrogens with zero attached hydrogens (tertiary/aromatic N) is 1. The third kappa shape index (κ3) is 5.10. The van der Waals surface area contributed by atoms with E-state index >= 15 is 0 Å². The maximum Gasteiger partial charge on any atom is 0.272 e. The van der Waals surface area contributed by atoms with Gasteiger partial charge in [-0.3, -0.25) is 15.6 Å². The second-order valence-electron chi connectivity index (χ2n) is 5.87. The Hall–Kier alpha value is -1.82. The summed E-state index contributed by atoms with van der Waals surface area (Å²) in [5, 5.41) is 3.00. The first kappa shape index (κ1) is 20.5. The van der Waals surface area contributed by atoms with E-state index in [-0.39, 0.29) is 42.4 Å². The van der Waals surface area contributed by atoms with Crippen molar-refractivity contribution in [3.63, 3.8) is 0 Å². The first-order valence-corrected chi connectivity index (χ1v) is 9.81. The van der Waals surface area contributed by atoms with Crippen LogP contribution in [0.2, 0.25) is 0 Å². The van der Waals surface area contributed by atoms with Gasteiger partial charge in [-0.1, -0.05) is 0 Å². The number of hydrogen-bond donors (Lipinski definition) is 3. The molecule has 2 rings (SSSR count). The SMILES string of the molecule is CC(C)NC(=S)NNC(=O)c1cc(S(=O)(=O)N2CCOCC2)ccc1F. The number of carbonyl (C=O) groups is 1. The number of nitrogens with one attached hydrogen (secondary N) is 3. The van der Waals surface area contributed by atoms with Crippen molar-refractivity contribution >= 4 is 33.3 Å². The molecule has 0 atom stereocenters. The highest BCUT2D eigenvalue weighted by Crippen LogP contribution is 2.20. The van der Waals surface area contributed by atoms with Crippen LogP contribution in [0.4, 0.5) is 4.39 Å². The van der Waals surface area contributed by atoms with E-state index in [1.165, 1.54) is 4.31 Å². The van der Waals surface area contributed by atoms with E-state index < -0.39 is 27.3 Å². The number of sulfonamides is 1. The van der Waals surface area contributed by atoms with Gasteiger partial charge in [-0.15, -0.1) is 0 Å². The lowest BCUT2D eigenvalue weighted by Gasteiger charge is -2.26. The summed E-state index contributed by atoms with van der Waals surface area (Å²) in [5.74, 6) is -1.68. The maximum absolute atomic E-state index is 14.0. The predicted molar refractivity (Wildman–Crippen MR) is 97.4 cm³/mol. The zero-order valence-electron chi connectivity index (χ0n) is 14.4. The zero-order valence-corrected chi connectivity index (χ0v) is 16.0. The lowest BCUT2D eigenvalue weighted by Crippen LogP contribution is -2.48. The minimum absolute atomic E-state index is 0.0469. The van der Waals surface area contributed by atoms with Gasteiger partial charge in [0.05, 0.1) is 23.7 Å². The number of hydrogen-bond acceptors (Lipinski definition) is 5. The minimum Gasteiger partial charge on any atom is -0.379 e. The Labute approximate surface area is 157 Å². The van der Waals surface area contributed by atoms with Crippen LogP contribution in [0.15, 0.2) is 23.1 Å². The molecule has 1 aliphatic heterocycles. The van der Waals surface area contributed by atoms with Gasteiger partial charge in [0, 0.05) is 19.1 Å². The average molecular weight is 404 g/mol. The van der Waals surface area contributed by atoms with E-state index in [4.69, 9.17) is 17.0 Å². The number of thiocarbonyl (C=S) groups is 1. The van der Waals surface area contributed by atoms with Crippen molar-refractivity contribution in [3.05, 3.63) is 29.6 Å². The molecule has 0 aliphatic carbocycles. The average Bonchev–Trinajstić information content (AvgIpc) is 2.60. The molecule has 3 N–H and O–H groups in total. The third-order valence-corrected chi connectivity index (χ3v) is 5.61. The van der Waals surface area contributed by atoms with E-state index in [1.54, 1.807) is 0 Å². The summed E-state index contributed by atoms with van der Waals surface area (Å²) in [7, 11) is -3.83. The number of ether oxygens (including phenoxy) is 1. The second kappa shape index (κ2) is 8.71. The summed E-state index contributed by atoms with van der Waals surface area (Å²) in [6, 6.07) is 3.14. The van der Waals surface area contributed by atoms with Gasteiger partial charge >= 0.3 is 0 Å². The summed E-state index contributed by atoms with van der Waals surface area (Å²) in [6.45, 7) is 4.71. The van der Waals surface area contributed by atoms with Crippen molar-refractivity contribution in [1.29, 1.82) is 0 Å². The minimum atomic E-state index is -3.83. The fourth-order valence-corrected chi connectivity index (χ4v) is 3.98. The number of benzene rings is 1. The summed E-state index contributed by atoms with van der Waals surface area (Å²) in [4.78, 5) is 12.0. The number of morpholine rings is 1. The fraction of sp³-hybridized carbons (Fsp3) is 0.467. The zero-order chi connectivity index (χ0) is 19.3. The van der Waals surface area contributed by atoms with Crippen molar-refractivity contribution in [2.75, 3.05) is 26.3 Å². The molecule has 8 nitrogen and oxygen atoms in total. The van der Waals surface area contributed by atoms with Crippen LogP contribution in [-0.2, 0) is 14.8 Å². The molecule has 0 radical (unpaired) electrons. The Bertz CT molecular complexity index is 780. The smallest absolute Gasteiger partial charge is 0.272 e. The predicted octanol–water partition coefficient (Wildman–Crippen LogP) is 0.364. The van der Waals surface area contributed by atoms with Crippen LogP contribution in [0, 0.1) is 5.82 Å². The monoisotopic (exact) mass is 404 g/mol. The summed E-state index contributed by atoms with van der Waals surface area (Å²) >= 11 is 4.96. The van der Waals surface area contributed by atoms with E-state index in [0.717, 1.165) is 18.2 Å². The Kier molecular flexibility index (Phi) is 6.87. The number of rotatable bonds is 4. The van der Waals surface area contributed by atoms with Gasteiger partial charge in [0.1, 0.15) is 5.82 Å². The van der Waals surface area contributed by atoms with Gasteiger partial charge in [-0.2, -0.15) is 4.31 Å². The van der Waals surface area contributed by atoms with E-state index in [1.807, 2.05) is 13.8 Å². The van der Waals surface area contributed by atoms with Crippen LogP contribution in [0.1, 0.15) is 24.2 Å². The number of hydrazine groups is 1. The number of amides is 1. The Morgan fingerprint density at radius 1 is 1.27 bits per heavy atom. The Morgan fingerprint density at radius 3 is 2.54 bits per heavy atom. The van der Waals surface area contributed by atoms with Crippen molar-refractivity contribution in [2.45, 2.75) is 24.8 Å². The Morgan fingerprint density at radius 2 is 1.92 bits per heavy atom. The van der Waals surface area contributed by atoms with Crippen molar-refractivity contribution in [1.82, 2.24) is 20.5 Å². The molecule has 11 heteroatoms. The second-order valence-corrected chi connectivity index (χ2v) is 8.21. The molecule has 1 fully saturated rings. The molecule has 0 bridgehead atoms. The van der Waals surface area contributed by atoms with Crippen LogP contribution < -0.4 is 16.2 Å². The molecule has 144 valence electrons. The highest BCUT2D eigenvalue weighted by atomic mass is 32.2. The molecule has 0 aromatic heterocycles. The van der Waals surface area contributed by atoms with Gasteiger partial charge in [0.15, 0.2) is 5.11 Å². The van der Waals surface area contributed by atoms with Crippen LogP contribution in [-0.4, -0.2) is 56.1 Å². The van der Waals surface area contributed by atoms with Crippen molar-refractivity contribution < 1.29 is 22.3 Å². The first-order chi connectivity index (χ1) is 12.2. The summed E-state index contributed by atoms with van der Waals surface area (Å²) < 4.78 is 45.7. The molecular formula is C15H21FN4O4S2. The highest BCUT2D eigenvalue weighted by Gasteiger charge is 2.27. The van der Waals surface area contributed by atoms with Gasteiger partial charge < -0.3 is 10.1 Å². The van der Waals surface area contributed by atoms with Gasteiger partial charge in [-0.25, -0.2) is 12.8 Å². The molecule has 0 saturated carbocycles. The molecule has 1 aromatic rings. The summed E-state index contributed by atoms with van der Waals surface area (Å²) in [6.07, 6.45) is 0. The van der Waals surface area contributed by atoms with Crippen LogP contribution in [0.25, 0.3) is 0 Å². The van der Waals surface area contributed by atoms with Gasteiger partial charge in [0.25, 0.3) is 5.91 Å². The van der Waals surface area contributed by atoms with Gasteiger partial charge in [-0.05, 0) is 44.3 Å². The standard InChI is InChI=1S/C15H21FN4O4S2/c1-10(2)17-15(25)19-18-14(21)12-9-11(3-4-13(12)16)26(22,23)20-5-7-24-8-6-20/h3-4,9-10H,5-8H2,1-2H3,(H,18,21)(H2,17,19,25). The lowest BCUT2D eigenvalue weighted by molar-refractivity contribution is 0.0730. The molecule has 1 heterocycles. The van der Waals surface area contributed by atoms with Gasteiger partial charge in [0.2, 0.25) is 10.0 Å². The van der Waals surface area contributed by atoms with Crippen LogP contribution in [0.5, 0.6) is 0 Å². The van der Waals surface area contributed by atoms with E-state index in [0.29, 0.717) is 0 Å². The largest absolute Gasteiger partial charge is 0.379 e.